The van der Waals surface area contributed by atoms with E-state index in [4.69, 9.17) is 4.74 Å². The lowest BCUT2D eigenvalue weighted by atomic mass is 10.1. The second-order valence-electron chi connectivity index (χ2n) is 7.48. The number of anilines is 1. The Balaban J connectivity index is 1.43. The lowest BCUT2D eigenvalue weighted by Crippen LogP contribution is -2.43. The fraction of sp³-hybridized carbons (Fsp3) is 0.409. The van der Waals surface area contributed by atoms with Gasteiger partial charge in [-0.2, -0.15) is 0 Å². The van der Waals surface area contributed by atoms with Crippen LogP contribution >= 0.6 is 0 Å². The van der Waals surface area contributed by atoms with Crippen LogP contribution in [0.1, 0.15) is 21.5 Å². The number of nitrogens with zero attached hydrogens (tertiary/aromatic N) is 3. The molecule has 1 amide bonds. The van der Waals surface area contributed by atoms with Crippen LogP contribution in [-0.4, -0.2) is 62.6 Å². The molecule has 0 aliphatic carbocycles. The summed E-state index contributed by atoms with van der Waals surface area (Å²) in [5.74, 6) is 0.918. The molecule has 0 radical (unpaired) electrons. The van der Waals surface area contributed by atoms with Gasteiger partial charge in [-0.1, -0.05) is 12.1 Å². The van der Waals surface area contributed by atoms with Gasteiger partial charge in [-0.05, 0) is 54.9 Å². The summed E-state index contributed by atoms with van der Waals surface area (Å²) in [5.41, 5.74) is 4.19. The van der Waals surface area contributed by atoms with Gasteiger partial charge in [0.15, 0.2) is 0 Å². The van der Waals surface area contributed by atoms with Crippen LogP contribution in [-0.2, 0) is 13.0 Å². The van der Waals surface area contributed by atoms with Gasteiger partial charge in [0.2, 0.25) is 0 Å². The molecule has 5 heteroatoms. The van der Waals surface area contributed by atoms with E-state index in [0.29, 0.717) is 0 Å². The van der Waals surface area contributed by atoms with E-state index < -0.39 is 0 Å². The molecule has 142 valence electrons. The number of carbonyl (C=O) groups excluding carboxylic acids is 1. The molecule has 2 aliphatic rings. The van der Waals surface area contributed by atoms with Crippen molar-refractivity contribution >= 4 is 11.6 Å². The average molecular weight is 365 g/mol. The summed E-state index contributed by atoms with van der Waals surface area (Å²) in [6.07, 6.45) is 0.875. The Bertz CT molecular complexity index is 811. The van der Waals surface area contributed by atoms with Crippen molar-refractivity contribution in [1.29, 1.82) is 0 Å². The topological polar surface area (TPSA) is 36.0 Å². The minimum atomic E-state index is 0.0741. The molecule has 0 N–H and O–H groups in total. The molecule has 0 bridgehead atoms. The van der Waals surface area contributed by atoms with Crippen LogP contribution < -0.4 is 9.64 Å². The molecule has 2 heterocycles. The molecule has 0 saturated carbocycles. The first-order valence-corrected chi connectivity index (χ1v) is 9.62. The van der Waals surface area contributed by atoms with Crippen molar-refractivity contribution in [2.45, 2.75) is 13.0 Å². The molecule has 4 rings (SSSR count). The summed E-state index contributed by atoms with van der Waals surface area (Å²) in [6, 6.07) is 14.1. The molecule has 0 unspecified atom stereocenters. The van der Waals surface area contributed by atoms with Crippen molar-refractivity contribution in [3.63, 3.8) is 0 Å². The van der Waals surface area contributed by atoms with Gasteiger partial charge in [-0.25, -0.2) is 0 Å². The van der Waals surface area contributed by atoms with Gasteiger partial charge in [0.05, 0.1) is 7.11 Å². The number of rotatable bonds is 4. The van der Waals surface area contributed by atoms with Crippen LogP contribution in [0.4, 0.5) is 5.69 Å². The van der Waals surface area contributed by atoms with E-state index in [1.54, 1.807) is 7.11 Å². The van der Waals surface area contributed by atoms with E-state index in [-0.39, 0.29) is 5.91 Å². The molecule has 0 aromatic heterocycles. The van der Waals surface area contributed by atoms with Crippen LogP contribution in [0.3, 0.4) is 0 Å². The third-order valence-corrected chi connectivity index (χ3v) is 5.63. The molecule has 2 aromatic carbocycles. The quantitative estimate of drug-likeness (QED) is 0.835. The monoisotopic (exact) mass is 365 g/mol. The fourth-order valence-corrected chi connectivity index (χ4v) is 3.89. The molecule has 2 aromatic rings. The van der Waals surface area contributed by atoms with Gasteiger partial charge in [0, 0.05) is 50.5 Å². The first-order valence-electron chi connectivity index (χ1n) is 9.62. The highest BCUT2D eigenvalue weighted by Crippen LogP contribution is 2.32. The van der Waals surface area contributed by atoms with Gasteiger partial charge in [-0.15, -0.1) is 0 Å². The molecule has 2 aliphatic heterocycles. The second-order valence-corrected chi connectivity index (χ2v) is 7.48. The normalized spacial score (nSPS) is 17.8. The number of benzene rings is 2. The molecule has 5 nitrogen and oxygen atoms in total. The third kappa shape index (κ3) is 3.84. The molecular formula is C22H27N3O2. The molecule has 27 heavy (non-hydrogen) atoms. The van der Waals surface area contributed by atoms with Crippen molar-refractivity contribution < 1.29 is 9.53 Å². The Morgan fingerprint density at radius 3 is 2.44 bits per heavy atom. The largest absolute Gasteiger partial charge is 0.497 e. The molecule has 0 spiro atoms. The predicted octanol–water partition coefficient (Wildman–Crippen LogP) is 2.65. The maximum absolute atomic E-state index is 13.0. The van der Waals surface area contributed by atoms with Crippen LogP contribution in [0.25, 0.3) is 0 Å². The van der Waals surface area contributed by atoms with E-state index in [1.807, 2.05) is 35.2 Å². The van der Waals surface area contributed by atoms with Crippen molar-refractivity contribution in [2.24, 2.45) is 0 Å². The molecule has 1 fully saturated rings. The number of hydrogen-bond donors (Lipinski definition) is 0. The Labute approximate surface area is 161 Å². The number of methoxy groups -OCH3 is 1. The zero-order chi connectivity index (χ0) is 18.8. The highest BCUT2D eigenvalue weighted by molar-refractivity contribution is 6.07. The summed E-state index contributed by atoms with van der Waals surface area (Å²) in [5, 5.41) is 0. The number of fused-ring (bicyclic) bond motifs is 1. The smallest absolute Gasteiger partial charge is 0.258 e. The first-order chi connectivity index (χ1) is 13.1. The number of likely N-dealkylation sites (N-methyl/N-ethyl adjacent to an activating group) is 1. The van der Waals surface area contributed by atoms with Crippen molar-refractivity contribution in [1.82, 2.24) is 9.80 Å². The minimum absolute atomic E-state index is 0.0741. The first kappa shape index (κ1) is 18.0. The number of piperazine rings is 1. The lowest BCUT2D eigenvalue weighted by molar-refractivity contribution is 0.0989. The van der Waals surface area contributed by atoms with E-state index in [0.717, 1.165) is 62.7 Å². The summed E-state index contributed by atoms with van der Waals surface area (Å²) in [6.45, 7) is 6.13. The van der Waals surface area contributed by atoms with E-state index in [9.17, 15) is 4.79 Å². The highest BCUT2D eigenvalue weighted by atomic mass is 16.5. The van der Waals surface area contributed by atoms with Crippen molar-refractivity contribution in [3.05, 3.63) is 59.2 Å². The summed E-state index contributed by atoms with van der Waals surface area (Å²) in [7, 11) is 3.84. The van der Waals surface area contributed by atoms with Crippen LogP contribution in [0.15, 0.2) is 42.5 Å². The Morgan fingerprint density at radius 2 is 1.74 bits per heavy atom. The van der Waals surface area contributed by atoms with E-state index in [1.165, 1.54) is 11.1 Å². The number of carbonyl (C=O) groups is 1. The van der Waals surface area contributed by atoms with E-state index in [2.05, 4.69) is 29.0 Å². The number of hydrogen-bond acceptors (Lipinski definition) is 4. The van der Waals surface area contributed by atoms with Gasteiger partial charge in [0.25, 0.3) is 5.91 Å². The van der Waals surface area contributed by atoms with Crippen molar-refractivity contribution in [2.75, 3.05) is 51.8 Å². The van der Waals surface area contributed by atoms with Gasteiger partial charge in [-0.3, -0.25) is 9.69 Å². The third-order valence-electron chi connectivity index (χ3n) is 5.63. The zero-order valence-corrected chi connectivity index (χ0v) is 16.1. The number of ether oxygens (including phenoxy) is 1. The van der Waals surface area contributed by atoms with Crippen LogP contribution in [0.2, 0.25) is 0 Å². The van der Waals surface area contributed by atoms with Gasteiger partial charge < -0.3 is 14.5 Å². The fourth-order valence-electron chi connectivity index (χ4n) is 3.89. The van der Waals surface area contributed by atoms with Crippen LogP contribution in [0, 0.1) is 0 Å². The Kier molecular flexibility index (Phi) is 5.14. The predicted molar refractivity (Wildman–Crippen MR) is 108 cm³/mol. The molecular weight excluding hydrogens is 338 g/mol. The second kappa shape index (κ2) is 7.71. The summed E-state index contributed by atoms with van der Waals surface area (Å²) >= 11 is 0. The number of amides is 1. The molecule has 0 atom stereocenters. The lowest BCUT2D eigenvalue weighted by Gasteiger charge is -2.32. The van der Waals surface area contributed by atoms with Crippen molar-refractivity contribution in [3.8, 4) is 5.75 Å². The minimum Gasteiger partial charge on any atom is -0.497 e. The zero-order valence-electron chi connectivity index (χ0n) is 16.1. The summed E-state index contributed by atoms with van der Waals surface area (Å²) < 4.78 is 5.29. The standard InChI is InChI=1S/C22H27N3O2/c1-23-11-13-24(14-12-23)16-17-3-5-18(6-4-17)22(26)25-10-9-19-15-20(27-2)7-8-21(19)25/h3-8,15H,9-14,16H2,1-2H3. The highest BCUT2D eigenvalue weighted by Gasteiger charge is 2.26. The van der Waals surface area contributed by atoms with Gasteiger partial charge in [0.1, 0.15) is 5.75 Å². The SMILES string of the molecule is COc1ccc2c(c1)CCN2C(=O)c1ccc(CN2CCN(C)CC2)cc1. The van der Waals surface area contributed by atoms with E-state index >= 15 is 0 Å². The maximum atomic E-state index is 13.0. The maximum Gasteiger partial charge on any atom is 0.258 e. The summed E-state index contributed by atoms with van der Waals surface area (Å²) in [4.78, 5) is 19.7. The Morgan fingerprint density at radius 1 is 1.00 bits per heavy atom. The molecule has 1 saturated heterocycles. The van der Waals surface area contributed by atoms with Gasteiger partial charge >= 0.3 is 0 Å². The Hall–Kier alpha value is -2.37. The average Bonchev–Trinajstić information content (AvgIpc) is 3.13. The van der Waals surface area contributed by atoms with Crippen LogP contribution in [0.5, 0.6) is 5.75 Å².